The van der Waals surface area contributed by atoms with Crippen molar-refractivity contribution < 1.29 is 0 Å². The zero-order valence-electron chi connectivity index (χ0n) is 11.0. The molecule has 0 bridgehead atoms. The van der Waals surface area contributed by atoms with E-state index in [0.717, 1.165) is 18.9 Å². The number of benzene rings is 1. The van der Waals surface area contributed by atoms with E-state index in [9.17, 15) is 0 Å². The highest BCUT2D eigenvalue weighted by Gasteiger charge is 2.12. The molecule has 0 spiro atoms. The minimum Gasteiger partial charge on any atom is -0.385 e. The van der Waals surface area contributed by atoms with E-state index in [1.54, 1.807) is 0 Å². The summed E-state index contributed by atoms with van der Waals surface area (Å²) in [5, 5.41) is 3.57. The normalized spacial score (nSPS) is 17.0. The van der Waals surface area contributed by atoms with E-state index in [2.05, 4.69) is 36.5 Å². The third-order valence-corrected chi connectivity index (χ3v) is 3.94. The Kier molecular flexibility index (Phi) is 4.90. The van der Waals surface area contributed by atoms with E-state index < -0.39 is 0 Å². The first-order valence-electron chi connectivity index (χ1n) is 7.21. The fraction of sp³-hybridized carbons (Fsp3) is 0.625. The first-order valence-corrected chi connectivity index (χ1v) is 7.21. The maximum Gasteiger partial charge on any atom is 0.0342 e. The highest BCUT2D eigenvalue weighted by atomic mass is 14.9. The summed E-state index contributed by atoms with van der Waals surface area (Å²) in [6.07, 6.45) is 9.75. The summed E-state index contributed by atoms with van der Waals surface area (Å²) >= 11 is 0. The van der Waals surface area contributed by atoms with Gasteiger partial charge in [0.25, 0.3) is 0 Å². The van der Waals surface area contributed by atoms with Crippen LogP contribution in [0.4, 0.5) is 5.69 Å². The number of nitrogens with one attached hydrogen (secondary N) is 1. The third-order valence-electron chi connectivity index (χ3n) is 3.94. The summed E-state index contributed by atoms with van der Waals surface area (Å²) in [5.41, 5.74) is 2.72. The average molecular weight is 231 g/mol. The quantitative estimate of drug-likeness (QED) is 0.779. The van der Waals surface area contributed by atoms with Crippen LogP contribution in [0.3, 0.4) is 0 Å². The summed E-state index contributed by atoms with van der Waals surface area (Å²) in [6, 6.07) is 8.81. The Morgan fingerprint density at radius 1 is 1.18 bits per heavy atom. The van der Waals surface area contributed by atoms with E-state index in [0.29, 0.717) is 0 Å². The molecule has 1 heteroatoms. The van der Waals surface area contributed by atoms with Crippen LogP contribution >= 0.6 is 0 Å². The minimum atomic E-state index is 0.977. The molecule has 0 atom stereocenters. The standard InChI is InChI=1S/C16H25N/c1-2-14-9-6-10-16(13-14)17-12-11-15-7-4-3-5-8-15/h6,9-10,13,15,17H,2-5,7-8,11-12H2,1H3. The smallest absolute Gasteiger partial charge is 0.0342 e. The Morgan fingerprint density at radius 3 is 2.76 bits per heavy atom. The molecule has 0 amide bonds. The lowest BCUT2D eigenvalue weighted by Gasteiger charge is -2.21. The number of anilines is 1. The molecule has 1 fully saturated rings. The molecule has 2 rings (SSSR count). The first kappa shape index (κ1) is 12.5. The van der Waals surface area contributed by atoms with Gasteiger partial charge in [0.15, 0.2) is 0 Å². The molecule has 0 heterocycles. The second-order valence-electron chi connectivity index (χ2n) is 5.27. The number of hydrogen-bond acceptors (Lipinski definition) is 1. The minimum absolute atomic E-state index is 0.977. The average Bonchev–Trinajstić information content (AvgIpc) is 2.40. The monoisotopic (exact) mass is 231 g/mol. The SMILES string of the molecule is CCc1cccc(NCCC2CCCCC2)c1. The van der Waals surface area contributed by atoms with Crippen molar-refractivity contribution in [3.63, 3.8) is 0 Å². The fourth-order valence-corrected chi connectivity index (χ4v) is 2.80. The van der Waals surface area contributed by atoms with Crippen molar-refractivity contribution in [3.05, 3.63) is 29.8 Å². The van der Waals surface area contributed by atoms with Crippen LogP contribution in [0.15, 0.2) is 24.3 Å². The van der Waals surface area contributed by atoms with Gasteiger partial charge in [0, 0.05) is 12.2 Å². The second kappa shape index (κ2) is 6.68. The van der Waals surface area contributed by atoms with Gasteiger partial charge in [0.1, 0.15) is 0 Å². The van der Waals surface area contributed by atoms with Crippen LogP contribution in [-0.2, 0) is 6.42 Å². The molecule has 0 aliphatic heterocycles. The van der Waals surface area contributed by atoms with Gasteiger partial charge in [-0.2, -0.15) is 0 Å². The molecule has 0 saturated heterocycles. The van der Waals surface area contributed by atoms with Crippen LogP contribution in [0.25, 0.3) is 0 Å². The molecule has 1 aromatic carbocycles. The molecule has 1 aliphatic rings. The lowest BCUT2D eigenvalue weighted by atomic mass is 9.87. The van der Waals surface area contributed by atoms with Gasteiger partial charge in [-0.3, -0.25) is 0 Å². The van der Waals surface area contributed by atoms with Gasteiger partial charge in [0.05, 0.1) is 0 Å². The zero-order valence-corrected chi connectivity index (χ0v) is 11.0. The van der Waals surface area contributed by atoms with Crippen LogP contribution in [0.5, 0.6) is 0 Å². The van der Waals surface area contributed by atoms with Crippen molar-refractivity contribution in [2.24, 2.45) is 5.92 Å². The summed E-state index contributed by atoms with van der Waals surface area (Å²) in [5.74, 6) is 0.977. The van der Waals surface area contributed by atoms with Crippen molar-refractivity contribution in [2.75, 3.05) is 11.9 Å². The summed E-state index contributed by atoms with van der Waals surface area (Å²) in [4.78, 5) is 0. The predicted octanol–water partition coefficient (Wildman–Crippen LogP) is 4.63. The van der Waals surface area contributed by atoms with Crippen LogP contribution in [0.2, 0.25) is 0 Å². The first-order chi connectivity index (χ1) is 8.38. The van der Waals surface area contributed by atoms with Gasteiger partial charge >= 0.3 is 0 Å². The van der Waals surface area contributed by atoms with E-state index in [4.69, 9.17) is 0 Å². The molecular weight excluding hydrogens is 206 g/mol. The maximum absolute atomic E-state index is 3.57. The summed E-state index contributed by atoms with van der Waals surface area (Å²) < 4.78 is 0. The molecule has 1 aliphatic carbocycles. The Bertz CT molecular complexity index is 326. The zero-order chi connectivity index (χ0) is 11.9. The molecule has 0 radical (unpaired) electrons. The Morgan fingerprint density at radius 2 is 2.00 bits per heavy atom. The van der Waals surface area contributed by atoms with Crippen LogP contribution in [0.1, 0.15) is 51.0 Å². The number of aryl methyl sites for hydroxylation is 1. The molecule has 94 valence electrons. The Balaban J connectivity index is 1.73. The number of hydrogen-bond donors (Lipinski definition) is 1. The predicted molar refractivity (Wildman–Crippen MR) is 75.5 cm³/mol. The second-order valence-corrected chi connectivity index (χ2v) is 5.27. The van der Waals surface area contributed by atoms with Gasteiger partial charge in [-0.1, -0.05) is 51.2 Å². The van der Waals surface area contributed by atoms with Crippen molar-refractivity contribution >= 4 is 5.69 Å². The van der Waals surface area contributed by atoms with Gasteiger partial charge in [-0.25, -0.2) is 0 Å². The Labute approximate surface area is 106 Å². The molecule has 1 saturated carbocycles. The summed E-state index contributed by atoms with van der Waals surface area (Å²) in [6.45, 7) is 3.35. The maximum atomic E-state index is 3.57. The molecule has 1 N–H and O–H groups in total. The molecule has 0 unspecified atom stereocenters. The molecular formula is C16H25N. The Hall–Kier alpha value is -0.980. The van der Waals surface area contributed by atoms with Gasteiger partial charge in [-0.15, -0.1) is 0 Å². The lowest BCUT2D eigenvalue weighted by molar-refractivity contribution is 0.345. The van der Waals surface area contributed by atoms with Crippen LogP contribution < -0.4 is 5.32 Å². The van der Waals surface area contributed by atoms with Crippen molar-refractivity contribution in [3.8, 4) is 0 Å². The highest BCUT2D eigenvalue weighted by molar-refractivity contribution is 5.45. The lowest BCUT2D eigenvalue weighted by Crippen LogP contribution is -2.12. The molecule has 0 aromatic heterocycles. The van der Waals surface area contributed by atoms with Crippen LogP contribution in [-0.4, -0.2) is 6.54 Å². The third kappa shape index (κ3) is 4.07. The van der Waals surface area contributed by atoms with Crippen molar-refractivity contribution in [1.82, 2.24) is 0 Å². The molecule has 1 nitrogen and oxygen atoms in total. The molecule has 17 heavy (non-hydrogen) atoms. The van der Waals surface area contributed by atoms with E-state index >= 15 is 0 Å². The summed E-state index contributed by atoms with van der Waals surface area (Å²) in [7, 11) is 0. The topological polar surface area (TPSA) is 12.0 Å². The van der Waals surface area contributed by atoms with E-state index in [1.165, 1.54) is 49.8 Å². The van der Waals surface area contributed by atoms with Crippen LogP contribution in [0, 0.1) is 5.92 Å². The largest absolute Gasteiger partial charge is 0.385 e. The van der Waals surface area contributed by atoms with Crippen molar-refractivity contribution in [2.45, 2.75) is 51.9 Å². The van der Waals surface area contributed by atoms with E-state index in [1.807, 2.05) is 0 Å². The fourth-order valence-electron chi connectivity index (χ4n) is 2.80. The van der Waals surface area contributed by atoms with Crippen molar-refractivity contribution in [1.29, 1.82) is 0 Å². The molecule has 1 aromatic rings. The van der Waals surface area contributed by atoms with E-state index in [-0.39, 0.29) is 0 Å². The number of rotatable bonds is 5. The van der Waals surface area contributed by atoms with Gasteiger partial charge in [0.2, 0.25) is 0 Å². The van der Waals surface area contributed by atoms with Gasteiger partial charge < -0.3 is 5.32 Å². The highest BCUT2D eigenvalue weighted by Crippen LogP contribution is 2.26. The van der Waals surface area contributed by atoms with Gasteiger partial charge in [-0.05, 0) is 36.5 Å².